The molecule has 0 aliphatic carbocycles. The lowest BCUT2D eigenvalue weighted by Crippen LogP contribution is -2.10. The lowest BCUT2D eigenvalue weighted by Gasteiger charge is -2.07. The first-order valence-corrected chi connectivity index (χ1v) is 4.61. The van der Waals surface area contributed by atoms with Gasteiger partial charge in [-0.2, -0.15) is 0 Å². The van der Waals surface area contributed by atoms with Crippen molar-refractivity contribution in [3.05, 3.63) is 47.2 Å². The molecule has 1 aromatic rings. The fourth-order valence-electron chi connectivity index (χ4n) is 0.909. The molecule has 0 saturated heterocycles. The van der Waals surface area contributed by atoms with E-state index < -0.39 is 0 Å². The van der Waals surface area contributed by atoms with E-state index in [1.807, 2.05) is 12.1 Å². The molecule has 2 nitrogen and oxygen atoms in total. The van der Waals surface area contributed by atoms with Gasteiger partial charge >= 0.3 is 0 Å². The summed E-state index contributed by atoms with van der Waals surface area (Å²) in [6, 6.07) is 7.29. The average Bonchev–Trinajstić information content (AvgIpc) is 2.22. The Morgan fingerprint density at radius 1 is 1.50 bits per heavy atom. The van der Waals surface area contributed by atoms with Gasteiger partial charge in [-0.3, -0.25) is 0 Å². The Morgan fingerprint density at radius 3 is 2.79 bits per heavy atom. The number of para-hydroxylation sites is 1. The van der Waals surface area contributed by atoms with Crippen molar-refractivity contribution in [3.63, 3.8) is 0 Å². The van der Waals surface area contributed by atoms with Crippen LogP contribution in [0.4, 0.5) is 0 Å². The van der Waals surface area contributed by atoms with E-state index in [0.717, 1.165) is 5.57 Å². The molecule has 0 aromatic heterocycles. The Kier molecular flexibility index (Phi) is 4.27. The largest absolute Gasteiger partial charge is 0.487 e. The summed E-state index contributed by atoms with van der Waals surface area (Å²) in [7, 11) is 0. The van der Waals surface area contributed by atoms with Crippen LogP contribution in [-0.4, -0.2) is 13.2 Å². The summed E-state index contributed by atoms with van der Waals surface area (Å²) < 4.78 is 5.43. The fourth-order valence-corrected chi connectivity index (χ4v) is 1.10. The summed E-state index contributed by atoms with van der Waals surface area (Å²) in [5.74, 6) is 0.648. The highest BCUT2D eigenvalue weighted by atomic mass is 35.5. The van der Waals surface area contributed by atoms with Crippen LogP contribution in [0.1, 0.15) is 0 Å². The third kappa shape index (κ3) is 2.93. The molecule has 0 aliphatic heterocycles. The molecule has 0 atom stereocenters. The van der Waals surface area contributed by atoms with E-state index in [0.29, 0.717) is 23.9 Å². The third-order valence-electron chi connectivity index (χ3n) is 1.73. The molecule has 0 radical (unpaired) electrons. The monoisotopic (exact) mass is 209 g/mol. The number of benzene rings is 1. The first-order chi connectivity index (χ1) is 6.77. The van der Waals surface area contributed by atoms with Crippen molar-refractivity contribution in [1.82, 2.24) is 0 Å². The second-order valence-corrected chi connectivity index (χ2v) is 3.11. The molecule has 2 N–H and O–H groups in total. The van der Waals surface area contributed by atoms with Crippen LogP contribution in [0, 0.1) is 0 Å². The van der Waals surface area contributed by atoms with Gasteiger partial charge in [0.15, 0.2) is 0 Å². The van der Waals surface area contributed by atoms with Crippen molar-refractivity contribution in [3.8, 4) is 5.75 Å². The van der Waals surface area contributed by atoms with Crippen molar-refractivity contribution >= 4 is 11.6 Å². The molecule has 0 aliphatic rings. The van der Waals surface area contributed by atoms with E-state index in [4.69, 9.17) is 22.1 Å². The van der Waals surface area contributed by atoms with E-state index in [1.165, 1.54) is 0 Å². The quantitative estimate of drug-likeness (QED) is 0.773. The van der Waals surface area contributed by atoms with Gasteiger partial charge in [0.1, 0.15) is 12.4 Å². The standard InChI is InChI=1S/C11H12ClNO/c1-2-9(7-13)8-14-11-6-4-3-5-10(11)12/h3-6H,1,7-8,13H2. The van der Waals surface area contributed by atoms with Crippen molar-refractivity contribution in [2.45, 2.75) is 0 Å². The summed E-state index contributed by atoms with van der Waals surface area (Å²) in [6.07, 6.45) is 0. The van der Waals surface area contributed by atoms with Crippen molar-refractivity contribution < 1.29 is 4.74 Å². The van der Waals surface area contributed by atoms with Crippen molar-refractivity contribution in [1.29, 1.82) is 0 Å². The molecule has 3 heteroatoms. The predicted molar refractivity (Wildman–Crippen MR) is 58.7 cm³/mol. The zero-order valence-electron chi connectivity index (χ0n) is 7.79. The number of nitrogens with two attached hydrogens (primary N) is 1. The molecule has 0 spiro atoms. The Bertz CT molecular complexity index is 356. The molecule has 0 unspecified atom stereocenters. The maximum atomic E-state index is 5.89. The smallest absolute Gasteiger partial charge is 0.138 e. The highest BCUT2D eigenvalue weighted by Gasteiger charge is 2.00. The lowest BCUT2D eigenvalue weighted by atomic mass is 10.3. The molecule has 0 bridgehead atoms. The van der Waals surface area contributed by atoms with Crippen molar-refractivity contribution in [2.24, 2.45) is 5.73 Å². The predicted octanol–water partition coefficient (Wildman–Crippen LogP) is 2.39. The van der Waals surface area contributed by atoms with Crippen LogP contribution < -0.4 is 10.5 Å². The number of halogens is 1. The second-order valence-electron chi connectivity index (χ2n) is 2.70. The molecule has 0 saturated carbocycles. The highest BCUT2D eigenvalue weighted by Crippen LogP contribution is 2.23. The number of rotatable bonds is 4. The maximum Gasteiger partial charge on any atom is 0.138 e. The van der Waals surface area contributed by atoms with Gasteiger partial charge in [-0.1, -0.05) is 30.3 Å². The van der Waals surface area contributed by atoms with E-state index in [-0.39, 0.29) is 0 Å². The van der Waals surface area contributed by atoms with Crippen LogP contribution in [0.15, 0.2) is 42.1 Å². The minimum absolute atomic E-state index is 0.379. The number of ether oxygens (including phenoxy) is 1. The summed E-state index contributed by atoms with van der Waals surface area (Å²) in [6.45, 7) is 4.29. The Balaban J connectivity index is 2.62. The van der Waals surface area contributed by atoms with Gasteiger partial charge < -0.3 is 10.5 Å². The number of hydrogen-bond acceptors (Lipinski definition) is 2. The van der Waals surface area contributed by atoms with E-state index in [2.05, 4.69) is 12.3 Å². The minimum atomic E-state index is 0.379. The maximum absolute atomic E-state index is 5.89. The first-order valence-electron chi connectivity index (χ1n) is 4.23. The molecular weight excluding hydrogens is 198 g/mol. The average molecular weight is 210 g/mol. The molecule has 0 amide bonds. The minimum Gasteiger partial charge on any atom is -0.487 e. The molecule has 1 rings (SSSR count). The van der Waals surface area contributed by atoms with Crippen LogP contribution in [0.5, 0.6) is 5.75 Å². The Morgan fingerprint density at radius 2 is 2.21 bits per heavy atom. The molecule has 0 heterocycles. The van der Waals surface area contributed by atoms with Gasteiger partial charge in [-0.15, -0.1) is 5.73 Å². The summed E-state index contributed by atoms with van der Waals surface area (Å²) in [5, 5.41) is 0.591. The van der Waals surface area contributed by atoms with E-state index >= 15 is 0 Å². The Labute approximate surface area is 88.6 Å². The third-order valence-corrected chi connectivity index (χ3v) is 2.05. The number of hydrogen-bond donors (Lipinski definition) is 1. The van der Waals surface area contributed by atoms with Gasteiger partial charge in [-0.25, -0.2) is 0 Å². The summed E-state index contributed by atoms with van der Waals surface area (Å²) in [4.78, 5) is 0. The van der Waals surface area contributed by atoms with Gasteiger partial charge in [0.2, 0.25) is 0 Å². The summed E-state index contributed by atoms with van der Waals surface area (Å²) >= 11 is 5.89. The summed E-state index contributed by atoms with van der Waals surface area (Å²) in [5.41, 5.74) is 8.97. The second kappa shape index (κ2) is 5.51. The normalized spacial score (nSPS) is 9.29. The van der Waals surface area contributed by atoms with Gasteiger partial charge in [0.25, 0.3) is 0 Å². The van der Waals surface area contributed by atoms with Crippen LogP contribution in [0.25, 0.3) is 0 Å². The van der Waals surface area contributed by atoms with Crippen LogP contribution in [-0.2, 0) is 0 Å². The zero-order chi connectivity index (χ0) is 10.4. The van der Waals surface area contributed by atoms with Gasteiger partial charge in [0.05, 0.1) is 5.02 Å². The van der Waals surface area contributed by atoms with Gasteiger partial charge in [-0.05, 0) is 12.1 Å². The lowest BCUT2D eigenvalue weighted by molar-refractivity contribution is 0.351. The van der Waals surface area contributed by atoms with E-state index in [1.54, 1.807) is 12.1 Å². The van der Waals surface area contributed by atoms with Crippen LogP contribution in [0.2, 0.25) is 5.02 Å². The van der Waals surface area contributed by atoms with Crippen LogP contribution in [0.3, 0.4) is 0 Å². The van der Waals surface area contributed by atoms with Crippen LogP contribution >= 0.6 is 11.6 Å². The van der Waals surface area contributed by atoms with E-state index in [9.17, 15) is 0 Å². The topological polar surface area (TPSA) is 35.2 Å². The zero-order valence-corrected chi connectivity index (χ0v) is 8.55. The molecular formula is C11H12ClNO. The molecule has 0 fully saturated rings. The fraction of sp³-hybridized carbons (Fsp3) is 0.182. The molecule has 74 valence electrons. The molecule has 14 heavy (non-hydrogen) atoms. The highest BCUT2D eigenvalue weighted by molar-refractivity contribution is 6.32. The van der Waals surface area contributed by atoms with Gasteiger partial charge in [0, 0.05) is 12.1 Å². The molecule has 1 aromatic carbocycles. The SMILES string of the molecule is C=C=C(CN)COc1ccccc1Cl. The van der Waals surface area contributed by atoms with Crippen molar-refractivity contribution in [2.75, 3.05) is 13.2 Å². The first kappa shape index (κ1) is 10.9. The Hall–Kier alpha value is -1.21.